The van der Waals surface area contributed by atoms with Crippen molar-refractivity contribution in [3.8, 4) is 0 Å². The average molecular weight is 411 g/mol. The summed E-state index contributed by atoms with van der Waals surface area (Å²) in [6, 6.07) is 0. The van der Waals surface area contributed by atoms with E-state index in [2.05, 4.69) is 13.8 Å². The summed E-state index contributed by atoms with van der Waals surface area (Å²) < 4.78 is 19.1. The van der Waals surface area contributed by atoms with E-state index in [1.54, 1.807) is 0 Å². The molecule has 166 valence electrons. The first-order chi connectivity index (χ1) is 13.7. The van der Waals surface area contributed by atoms with E-state index in [9.17, 15) is 15.0 Å². The maximum absolute atomic E-state index is 11.6. The summed E-state index contributed by atoms with van der Waals surface area (Å²) in [5, 5.41) is 19.8. The Kier molecular flexibility index (Phi) is 5.77. The number of hydrogen-bond donors (Lipinski definition) is 2. The molecule has 0 radical (unpaired) electrons. The molecule has 0 aromatic carbocycles. The second-order valence-corrected chi connectivity index (χ2v) is 10.4. The number of aliphatic hydroxyl groups excluding tert-OH is 2. The van der Waals surface area contributed by atoms with Gasteiger partial charge in [0.1, 0.15) is 6.10 Å². The molecule has 6 nitrogen and oxygen atoms in total. The quantitative estimate of drug-likeness (QED) is 0.693. The summed E-state index contributed by atoms with van der Waals surface area (Å²) in [5.74, 6) is -0.311. The van der Waals surface area contributed by atoms with Gasteiger partial charge < -0.3 is 24.4 Å². The number of rotatable bonds is 4. The highest BCUT2D eigenvalue weighted by atomic mass is 16.7. The Morgan fingerprint density at radius 3 is 2.69 bits per heavy atom. The van der Waals surface area contributed by atoms with Crippen LogP contribution in [0.1, 0.15) is 78.6 Å². The predicted octanol–water partition coefficient (Wildman–Crippen LogP) is 3.18. The summed E-state index contributed by atoms with van der Waals surface area (Å²) in [7, 11) is 0. The molecule has 1 spiro atoms. The second kappa shape index (κ2) is 7.77. The molecular weight excluding hydrogens is 372 g/mol. The molecule has 1 saturated heterocycles. The fourth-order valence-corrected chi connectivity index (χ4v) is 7.12. The summed E-state index contributed by atoms with van der Waals surface area (Å²) >= 11 is 0. The van der Waals surface area contributed by atoms with Gasteiger partial charge >= 0.3 is 5.97 Å². The molecular formula is C23H38O6. The van der Waals surface area contributed by atoms with Crippen molar-refractivity contribution in [2.75, 3.05) is 13.2 Å². The van der Waals surface area contributed by atoms with Crippen molar-refractivity contribution in [2.24, 2.45) is 22.7 Å². The van der Waals surface area contributed by atoms with Crippen molar-refractivity contribution in [2.45, 2.75) is 103 Å². The van der Waals surface area contributed by atoms with Crippen LogP contribution in [0.15, 0.2) is 0 Å². The van der Waals surface area contributed by atoms with Crippen molar-refractivity contribution in [3.05, 3.63) is 0 Å². The third kappa shape index (κ3) is 3.44. The van der Waals surface area contributed by atoms with Crippen LogP contribution in [0.5, 0.6) is 0 Å². The molecule has 1 aliphatic heterocycles. The summed E-state index contributed by atoms with van der Waals surface area (Å²) in [4.78, 5) is 11.6. The lowest BCUT2D eigenvalue weighted by atomic mass is 9.62. The molecule has 6 heteroatoms. The zero-order valence-corrected chi connectivity index (χ0v) is 18.2. The van der Waals surface area contributed by atoms with Crippen LogP contribution in [-0.2, 0) is 19.0 Å². The fourth-order valence-electron chi connectivity index (χ4n) is 7.12. The van der Waals surface area contributed by atoms with Gasteiger partial charge in [-0.2, -0.15) is 0 Å². The Morgan fingerprint density at radius 2 is 1.97 bits per heavy atom. The first-order valence-corrected chi connectivity index (χ1v) is 11.5. The molecule has 29 heavy (non-hydrogen) atoms. The van der Waals surface area contributed by atoms with Crippen LogP contribution < -0.4 is 0 Å². The number of aliphatic hydroxyl groups is 2. The van der Waals surface area contributed by atoms with Gasteiger partial charge in [-0.3, -0.25) is 4.79 Å². The van der Waals surface area contributed by atoms with Crippen molar-refractivity contribution in [3.63, 3.8) is 0 Å². The van der Waals surface area contributed by atoms with E-state index in [4.69, 9.17) is 14.2 Å². The number of carbonyl (C=O) groups excluding carboxylic acids is 1. The maximum atomic E-state index is 11.6. The van der Waals surface area contributed by atoms with Gasteiger partial charge in [0, 0.05) is 31.3 Å². The molecule has 8 atom stereocenters. The number of ether oxygens (including phenoxy) is 3. The molecule has 3 saturated carbocycles. The summed E-state index contributed by atoms with van der Waals surface area (Å²) in [6.07, 6.45) is 7.48. The minimum absolute atomic E-state index is 0.0313. The molecule has 0 amide bonds. The third-order valence-corrected chi connectivity index (χ3v) is 8.94. The van der Waals surface area contributed by atoms with Crippen LogP contribution >= 0.6 is 0 Å². The topological polar surface area (TPSA) is 85.2 Å². The Labute approximate surface area is 174 Å². The van der Waals surface area contributed by atoms with E-state index in [1.165, 1.54) is 6.92 Å². The lowest BCUT2D eigenvalue weighted by Gasteiger charge is -2.50. The van der Waals surface area contributed by atoms with Crippen LogP contribution in [0, 0.1) is 22.7 Å². The monoisotopic (exact) mass is 410 g/mol. The normalized spacial score (nSPS) is 49.9. The van der Waals surface area contributed by atoms with Gasteiger partial charge in [-0.05, 0) is 62.7 Å². The van der Waals surface area contributed by atoms with E-state index in [1.807, 2.05) is 0 Å². The number of hydrogen-bond acceptors (Lipinski definition) is 6. The average Bonchev–Trinajstić information content (AvgIpc) is 3.22. The van der Waals surface area contributed by atoms with Gasteiger partial charge in [-0.1, -0.05) is 13.8 Å². The molecule has 3 aliphatic carbocycles. The minimum atomic E-state index is -0.607. The number of fused-ring (bicyclic) bond motifs is 2. The Balaban J connectivity index is 1.55. The first-order valence-electron chi connectivity index (χ1n) is 11.5. The highest BCUT2D eigenvalue weighted by Crippen LogP contribution is 2.63. The Hall–Kier alpha value is -0.690. The molecule has 2 unspecified atom stereocenters. The lowest BCUT2D eigenvalue weighted by Crippen LogP contribution is -2.53. The maximum Gasteiger partial charge on any atom is 0.302 e. The van der Waals surface area contributed by atoms with Crippen LogP contribution in [-0.4, -0.2) is 53.5 Å². The van der Waals surface area contributed by atoms with Crippen molar-refractivity contribution in [1.82, 2.24) is 0 Å². The number of esters is 1. The van der Waals surface area contributed by atoms with Crippen LogP contribution in [0.3, 0.4) is 0 Å². The number of carbonyl (C=O) groups is 1. The predicted molar refractivity (Wildman–Crippen MR) is 107 cm³/mol. The molecule has 0 bridgehead atoms. The summed E-state index contributed by atoms with van der Waals surface area (Å²) in [6.45, 7) is 6.71. The van der Waals surface area contributed by atoms with Crippen molar-refractivity contribution < 1.29 is 29.2 Å². The van der Waals surface area contributed by atoms with Crippen LogP contribution in [0.4, 0.5) is 0 Å². The van der Waals surface area contributed by atoms with Gasteiger partial charge in [0.25, 0.3) is 0 Å². The molecule has 2 N–H and O–H groups in total. The molecule has 1 heterocycles. The Bertz CT molecular complexity index is 624. The molecule has 0 aromatic heterocycles. The Morgan fingerprint density at radius 1 is 1.17 bits per heavy atom. The van der Waals surface area contributed by atoms with Gasteiger partial charge in [0.05, 0.1) is 18.8 Å². The molecule has 4 fully saturated rings. The first kappa shape index (κ1) is 21.5. The second-order valence-electron chi connectivity index (χ2n) is 10.4. The van der Waals surface area contributed by atoms with Gasteiger partial charge in [0.2, 0.25) is 0 Å². The van der Waals surface area contributed by atoms with E-state index in [-0.39, 0.29) is 53.6 Å². The van der Waals surface area contributed by atoms with E-state index < -0.39 is 5.79 Å². The molecule has 0 aromatic rings. The summed E-state index contributed by atoms with van der Waals surface area (Å²) in [5.41, 5.74) is -0.263. The third-order valence-electron chi connectivity index (χ3n) is 8.94. The highest BCUT2D eigenvalue weighted by Gasteiger charge is 2.67. The molecule has 4 rings (SSSR count). The van der Waals surface area contributed by atoms with Gasteiger partial charge in [-0.15, -0.1) is 0 Å². The van der Waals surface area contributed by atoms with Gasteiger partial charge in [-0.25, -0.2) is 0 Å². The van der Waals surface area contributed by atoms with Crippen LogP contribution in [0.25, 0.3) is 0 Å². The van der Waals surface area contributed by atoms with E-state index >= 15 is 0 Å². The zero-order chi connectivity index (χ0) is 20.9. The molecule has 4 aliphatic rings. The van der Waals surface area contributed by atoms with Crippen molar-refractivity contribution in [1.29, 1.82) is 0 Å². The highest BCUT2D eigenvalue weighted by molar-refractivity contribution is 5.66. The lowest BCUT2D eigenvalue weighted by molar-refractivity contribution is -0.258. The van der Waals surface area contributed by atoms with Crippen LogP contribution in [0.2, 0.25) is 0 Å². The zero-order valence-electron chi connectivity index (χ0n) is 18.2. The smallest absolute Gasteiger partial charge is 0.302 e. The SMILES string of the molecule is CC(=O)O[C@@H]1CCC[C@@]2(C)[C@H]1CCC21OCC([C@@]2(C)CC[C@H](O)C[C@@H]2CCO)O1. The fraction of sp³-hybridized carbons (Fsp3) is 0.957. The van der Waals surface area contributed by atoms with E-state index in [0.29, 0.717) is 13.0 Å². The van der Waals surface area contributed by atoms with E-state index in [0.717, 1.165) is 51.4 Å². The minimum Gasteiger partial charge on any atom is -0.462 e. The van der Waals surface area contributed by atoms with Crippen molar-refractivity contribution >= 4 is 5.97 Å². The standard InChI is InChI=1S/C23H38O6/c1-15(25)28-19-5-4-9-22(3)18(19)7-11-23(22)27-14-20(29-23)21(2)10-6-17(26)13-16(21)8-12-24/h16-20,24,26H,4-14H2,1-3H3/t16-,17-,18-,19+,20?,21-,22-,23?/m0/s1. The van der Waals surface area contributed by atoms with Gasteiger partial charge in [0.15, 0.2) is 5.79 Å². The largest absolute Gasteiger partial charge is 0.462 e.